The average Bonchev–Trinajstić information content (AvgIpc) is 2.18. The Morgan fingerprint density at radius 2 is 2.43 bits per heavy atom. The smallest absolute Gasteiger partial charge is 0.0589 e. The van der Waals surface area contributed by atoms with Gasteiger partial charge in [0, 0.05) is 31.1 Å². The molecule has 0 amide bonds. The van der Waals surface area contributed by atoms with Crippen molar-refractivity contribution in [1.29, 1.82) is 0 Å². The molecule has 0 saturated heterocycles. The van der Waals surface area contributed by atoms with E-state index >= 15 is 0 Å². The standard InChI is InChI=1S/C10H14BrN3/c1-7-3-4-8(5-14-7)10(12)9(11)6-13-2/h3-7,14H,12H2,1-2H3. The van der Waals surface area contributed by atoms with Crippen molar-refractivity contribution < 1.29 is 0 Å². The predicted molar refractivity (Wildman–Crippen MR) is 64.4 cm³/mol. The van der Waals surface area contributed by atoms with Crippen LogP contribution in [0.25, 0.3) is 0 Å². The summed E-state index contributed by atoms with van der Waals surface area (Å²) in [5.41, 5.74) is 7.56. The molecule has 0 aromatic carbocycles. The molecule has 0 fully saturated rings. The van der Waals surface area contributed by atoms with Crippen LogP contribution in [0.5, 0.6) is 0 Å². The highest BCUT2D eigenvalue weighted by atomic mass is 79.9. The third-order valence-corrected chi connectivity index (χ3v) is 2.51. The lowest BCUT2D eigenvalue weighted by Gasteiger charge is -2.14. The summed E-state index contributed by atoms with van der Waals surface area (Å²) in [7, 11) is 1.71. The highest BCUT2D eigenvalue weighted by Gasteiger charge is 2.06. The molecule has 76 valence electrons. The molecule has 0 spiro atoms. The lowest BCUT2D eigenvalue weighted by molar-refractivity contribution is 0.754. The third-order valence-electron chi connectivity index (χ3n) is 1.88. The lowest BCUT2D eigenvalue weighted by Crippen LogP contribution is -2.22. The SMILES string of the molecule is CN=CC(Br)=C(N)C1=CNC(C)C=C1. The number of nitrogens with zero attached hydrogens (tertiary/aromatic N) is 1. The van der Waals surface area contributed by atoms with Crippen LogP contribution in [0.15, 0.2) is 39.1 Å². The number of nitrogens with two attached hydrogens (primary N) is 1. The molecule has 4 heteroatoms. The summed E-state index contributed by atoms with van der Waals surface area (Å²) >= 11 is 3.36. The van der Waals surface area contributed by atoms with Crippen molar-refractivity contribution in [2.75, 3.05) is 7.05 Å². The fourth-order valence-corrected chi connectivity index (χ4v) is 1.49. The fourth-order valence-electron chi connectivity index (χ4n) is 1.06. The minimum Gasteiger partial charge on any atom is -0.397 e. The molecule has 3 nitrogen and oxygen atoms in total. The van der Waals surface area contributed by atoms with Crippen LogP contribution in [0, 0.1) is 0 Å². The van der Waals surface area contributed by atoms with Crippen molar-refractivity contribution >= 4 is 22.1 Å². The second-order valence-corrected chi connectivity index (χ2v) is 3.92. The number of aliphatic imine (C=N–C) groups is 1. The molecule has 0 aromatic heterocycles. The topological polar surface area (TPSA) is 50.4 Å². The molecule has 0 bridgehead atoms. The molecule has 1 rings (SSSR count). The van der Waals surface area contributed by atoms with Gasteiger partial charge in [-0.05, 0) is 22.9 Å². The van der Waals surface area contributed by atoms with Gasteiger partial charge in [-0.3, -0.25) is 4.99 Å². The van der Waals surface area contributed by atoms with Crippen molar-refractivity contribution in [2.24, 2.45) is 10.7 Å². The number of hydrogen-bond acceptors (Lipinski definition) is 3. The molecule has 0 aromatic rings. The van der Waals surface area contributed by atoms with E-state index in [9.17, 15) is 0 Å². The van der Waals surface area contributed by atoms with Gasteiger partial charge >= 0.3 is 0 Å². The summed E-state index contributed by atoms with van der Waals surface area (Å²) < 4.78 is 0.798. The molecule has 3 N–H and O–H groups in total. The molecule has 1 atom stereocenters. The zero-order chi connectivity index (χ0) is 10.6. The van der Waals surface area contributed by atoms with Crippen LogP contribution in [0.2, 0.25) is 0 Å². The number of dihydropyridines is 1. The summed E-state index contributed by atoms with van der Waals surface area (Å²) in [6, 6.07) is 0.366. The van der Waals surface area contributed by atoms with E-state index in [1.807, 2.05) is 12.3 Å². The van der Waals surface area contributed by atoms with Crippen molar-refractivity contribution in [1.82, 2.24) is 5.32 Å². The monoisotopic (exact) mass is 255 g/mol. The highest BCUT2D eigenvalue weighted by molar-refractivity contribution is 9.12. The highest BCUT2D eigenvalue weighted by Crippen LogP contribution is 2.16. The van der Waals surface area contributed by atoms with Crippen LogP contribution in [-0.2, 0) is 0 Å². The quantitative estimate of drug-likeness (QED) is 0.738. The Balaban J connectivity index is 2.86. The van der Waals surface area contributed by atoms with Gasteiger partial charge in [0.25, 0.3) is 0 Å². The zero-order valence-electron chi connectivity index (χ0n) is 8.29. The van der Waals surface area contributed by atoms with Crippen LogP contribution in [-0.4, -0.2) is 19.3 Å². The first-order valence-corrected chi connectivity index (χ1v) is 5.16. The first-order chi connectivity index (χ1) is 6.65. The molecule has 0 saturated carbocycles. The molecule has 1 unspecified atom stereocenters. The second kappa shape index (κ2) is 5.00. The van der Waals surface area contributed by atoms with Gasteiger partial charge in [0.1, 0.15) is 0 Å². The minimum absolute atomic E-state index is 0.366. The van der Waals surface area contributed by atoms with Crippen molar-refractivity contribution in [3.63, 3.8) is 0 Å². The first-order valence-electron chi connectivity index (χ1n) is 4.37. The Morgan fingerprint density at radius 1 is 1.71 bits per heavy atom. The second-order valence-electron chi connectivity index (χ2n) is 3.06. The van der Waals surface area contributed by atoms with Crippen molar-refractivity contribution in [3.05, 3.63) is 34.1 Å². The van der Waals surface area contributed by atoms with E-state index in [1.54, 1.807) is 13.3 Å². The maximum absolute atomic E-state index is 5.91. The van der Waals surface area contributed by atoms with Gasteiger partial charge in [-0.25, -0.2) is 0 Å². The number of rotatable bonds is 2. The van der Waals surface area contributed by atoms with E-state index in [1.165, 1.54) is 0 Å². The van der Waals surface area contributed by atoms with Crippen LogP contribution in [0.1, 0.15) is 6.92 Å². The molecule has 0 aliphatic carbocycles. The van der Waals surface area contributed by atoms with E-state index < -0.39 is 0 Å². The van der Waals surface area contributed by atoms with E-state index in [0.717, 1.165) is 10.1 Å². The minimum atomic E-state index is 0.366. The Hall–Kier alpha value is -1.03. The largest absolute Gasteiger partial charge is 0.397 e. The van der Waals surface area contributed by atoms with Crippen LogP contribution in [0.3, 0.4) is 0 Å². The van der Waals surface area contributed by atoms with Gasteiger partial charge in [0.15, 0.2) is 0 Å². The molecule has 14 heavy (non-hydrogen) atoms. The van der Waals surface area contributed by atoms with Gasteiger partial charge in [0.2, 0.25) is 0 Å². The summed E-state index contributed by atoms with van der Waals surface area (Å²) in [4.78, 5) is 3.88. The third kappa shape index (κ3) is 2.73. The van der Waals surface area contributed by atoms with E-state index in [0.29, 0.717) is 11.7 Å². The van der Waals surface area contributed by atoms with Crippen LogP contribution in [0.4, 0.5) is 0 Å². The lowest BCUT2D eigenvalue weighted by atomic mass is 10.1. The molecule has 1 heterocycles. The van der Waals surface area contributed by atoms with Crippen molar-refractivity contribution in [2.45, 2.75) is 13.0 Å². The molecule has 0 radical (unpaired) electrons. The van der Waals surface area contributed by atoms with Gasteiger partial charge in [0.05, 0.1) is 10.2 Å². The molecule has 1 aliphatic heterocycles. The van der Waals surface area contributed by atoms with Gasteiger partial charge < -0.3 is 11.1 Å². The Bertz CT molecular complexity index is 326. The first kappa shape index (κ1) is 11.0. The van der Waals surface area contributed by atoms with Gasteiger partial charge in [-0.2, -0.15) is 0 Å². The number of nitrogens with one attached hydrogen (secondary N) is 1. The molecule has 1 aliphatic rings. The summed E-state index contributed by atoms with van der Waals surface area (Å²) in [6.07, 6.45) is 7.65. The average molecular weight is 256 g/mol. The molecular weight excluding hydrogens is 242 g/mol. The fraction of sp³-hybridized carbons (Fsp3) is 0.300. The van der Waals surface area contributed by atoms with Crippen LogP contribution >= 0.6 is 15.9 Å². The normalized spacial score (nSPS) is 23.1. The number of allylic oxidation sites excluding steroid dienone is 2. The van der Waals surface area contributed by atoms with Crippen molar-refractivity contribution in [3.8, 4) is 0 Å². The van der Waals surface area contributed by atoms with E-state index in [-0.39, 0.29) is 0 Å². The Morgan fingerprint density at radius 3 is 2.93 bits per heavy atom. The Labute approximate surface area is 92.6 Å². The van der Waals surface area contributed by atoms with E-state index in [4.69, 9.17) is 5.73 Å². The number of hydrogen-bond donors (Lipinski definition) is 2. The maximum atomic E-state index is 5.91. The van der Waals surface area contributed by atoms with Gasteiger partial charge in [-0.1, -0.05) is 12.2 Å². The predicted octanol–water partition coefficient (Wildman–Crippen LogP) is 1.68. The number of halogens is 1. The molecular formula is C10H14BrN3. The zero-order valence-corrected chi connectivity index (χ0v) is 9.88. The summed E-state index contributed by atoms with van der Waals surface area (Å²) in [5.74, 6) is 0. The summed E-state index contributed by atoms with van der Waals surface area (Å²) in [5, 5.41) is 3.18. The maximum Gasteiger partial charge on any atom is 0.0589 e. The van der Waals surface area contributed by atoms with Crippen LogP contribution < -0.4 is 11.1 Å². The van der Waals surface area contributed by atoms with E-state index in [2.05, 4.69) is 39.2 Å². The van der Waals surface area contributed by atoms with Gasteiger partial charge in [-0.15, -0.1) is 0 Å². The Kier molecular flexibility index (Phi) is 3.95. The summed E-state index contributed by atoms with van der Waals surface area (Å²) in [6.45, 7) is 2.08.